The minimum absolute atomic E-state index is 0.0989. The van der Waals surface area contributed by atoms with Crippen molar-refractivity contribution >= 4 is 34.6 Å². The van der Waals surface area contributed by atoms with Crippen molar-refractivity contribution in [3.63, 3.8) is 0 Å². The number of non-ortho nitro benzene ring substituents is 1. The van der Waals surface area contributed by atoms with Crippen molar-refractivity contribution < 1.29 is 9.31 Å². The molecule has 0 unspecified atom stereocenters. The van der Waals surface area contributed by atoms with Gasteiger partial charge >= 0.3 is 0 Å². The van der Waals surface area contributed by atoms with Crippen molar-refractivity contribution in [2.24, 2.45) is 0 Å². The van der Waals surface area contributed by atoms with Crippen molar-refractivity contribution in [1.82, 2.24) is 0 Å². The third-order valence-electron chi connectivity index (χ3n) is 2.65. The maximum atomic E-state index is 13.6. The minimum atomic E-state index is -0.533. The van der Waals surface area contributed by atoms with Crippen LogP contribution in [0, 0.1) is 15.9 Å². The molecule has 0 radical (unpaired) electrons. The second kappa shape index (κ2) is 6.07. The predicted molar refractivity (Wildman–Crippen MR) is 76.8 cm³/mol. The average Bonchev–Trinajstić information content (AvgIpc) is 2.38. The van der Waals surface area contributed by atoms with E-state index in [9.17, 15) is 14.5 Å². The average molecular weight is 315 g/mol. The standard InChI is InChI=1S/C13H9Cl2FN2O2/c14-9-2-1-8(12(16)5-9)7-17-13-4-3-10(18(19)20)6-11(13)15/h1-6,17H,7H2. The molecule has 2 rings (SSSR count). The van der Waals surface area contributed by atoms with Crippen molar-refractivity contribution in [3.05, 3.63) is 67.9 Å². The zero-order valence-corrected chi connectivity index (χ0v) is 11.6. The molecule has 2 aromatic rings. The van der Waals surface area contributed by atoms with Gasteiger partial charge in [-0.25, -0.2) is 4.39 Å². The SMILES string of the molecule is O=[N+]([O-])c1ccc(NCc2ccc(Cl)cc2F)c(Cl)c1. The Balaban J connectivity index is 2.13. The van der Waals surface area contributed by atoms with Gasteiger partial charge in [0.15, 0.2) is 0 Å². The molecular formula is C13H9Cl2FN2O2. The van der Waals surface area contributed by atoms with Crippen LogP contribution < -0.4 is 5.32 Å². The monoisotopic (exact) mass is 314 g/mol. The van der Waals surface area contributed by atoms with Crippen molar-refractivity contribution in [2.75, 3.05) is 5.32 Å². The van der Waals surface area contributed by atoms with E-state index >= 15 is 0 Å². The fourth-order valence-electron chi connectivity index (χ4n) is 1.62. The highest BCUT2D eigenvalue weighted by Crippen LogP contribution is 2.27. The van der Waals surface area contributed by atoms with Gasteiger partial charge in [-0.3, -0.25) is 10.1 Å². The highest BCUT2D eigenvalue weighted by atomic mass is 35.5. The van der Waals surface area contributed by atoms with Crippen LogP contribution in [0.1, 0.15) is 5.56 Å². The number of anilines is 1. The van der Waals surface area contributed by atoms with Gasteiger partial charge < -0.3 is 5.32 Å². The molecule has 0 fully saturated rings. The summed E-state index contributed by atoms with van der Waals surface area (Å²) in [6.07, 6.45) is 0. The summed E-state index contributed by atoms with van der Waals surface area (Å²) in [6.45, 7) is 0.195. The highest BCUT2D eigenvalue weighted by molar-refractivity contribution is 6.33. The molecular weight excluding hydrogens is 306 g/mol. The quantitative estimate of drug-likeness (QED) is 0.660. The maximum Gasteiger partial charge on any atom is 0.271 e. The van der Waals surface area contributed by atoms with Gasteiger partial charge in [0.25, 0.3) is 5.69 Å². The highest BCUT2D eigenvalue weighted by Gasteiger charge is 2.10. The molecule has 2 aromatic carbocycles. The van der Waals surface area contributed by atoms with Gasteiger partial charge in [-0.2, -0.15) is 0 Å². The van der Waals surface area contributed by atoms with Crippen LogP contribution in [0.4, 0.5) is 15.8 Å². The number of hydrogen-bond donors (Lipinski definition) is 1. The molecule has 0 amide bonds. The number of nitro groups is 1. The Morgan fingerprint density at radius 3 is 2.55 bits per heavy atom. The molecule has 0 spiro atoms. The Morgan fingerprint density at radius 1 is 1.20 bits per heavy atom. The van der Waals surface area contributed by atoms with E-state index in [-0.39, 0.29) is 17.3 Å². The molecule has 4 nitrogen and oxygen atoms in total. The third-order valence-corrected chi connectivity index (χ3v) is 3.20. The van der Waals surface area contributed by atoms with Crippen LogP contribution in [0.5, 0.6) is 0 Å². The van der Waals surface area contributed by atoms with Gasteiger partial charge in [-0.15, -0.1) is 0 Å². The van der Waals surface area contributed by atoms with E-state index in [4.69, 9.17) is 23.2 Å². The largest absolute Gasteiger partial charge is 0.380 e. The molecule has 7 heteroatoms. The van der Waals surface area contributed by atoms with Crippen molar-refractivity contribution in [3.8, 4) is 0 Å². The van der Waals surface area contributed by atoms with Gasteiger partial charge in [0.2, 0.25) is 0 Å². The Kier molecular flexibility index (Phi) is 4.42. The first-order valence-electron chi connectivity index (χ1n) is 5.59. The Labute approximate surface area is 124 Å². The van der Waals surface area contributed by atoms with E-state index in [1.54, 1.807) is 12.1 Å². The topological polar surface area (TPSA) is 55.2 Å². The van der Waals surface area contributed by atoms with Gasteiger partial charge in [0.05, 0.1) is 15.6 Å². The fourth-order valence-corrected chi connectivity index (χ4v) is 2.02. The summed E-state index contributed by atoms with van der Waals surface area (Å²) in [6, 6.07) is 8.40. The molecule has 0 atom stereocenters. The molecule has 0 aliphatic rings. The Bertz CT molecular complexity index is 665. The molecule has 0 heterocycles. The van der Waals surface area contributed by atoms with Crippen molar-refractivity contribution in [1.29, 1.82) is 0 Å². The lowest BCUT2D eigenvalue weighted by molar-refractivity contribution is -0.384. The van der Waals surface area contributed by atoms with Gasteiger partial charge in [0.1, 0.15) is 5.82 Å². The summed E-state index contributed by atoms with van der Waals surface area (Å²) in [5.74, 6) is -0.428. The first kappa shape index (κ1) is 14.6. The summed E-state index contributed by atoms with van der Waals surface area (Å²) in [4.78, 5) is 10.1. The molecule has 0 bridgehead atoms. The van der Waals surface area contributed by atoms with E-state index in [2.05, 4.69) is 5.32 Å². The molecule has 0 saturated heterocycles. The molecule has 0 aliphatic carbocycles. The van der Waals surface area contributed by atoms with Gasteiger partial charge in [-0.05, 0) is 18.2 Å². The molecule has 0 saturated carbocycles. The first-order chi connectivity index (χ1) is 9.47. The second-order valence-electron chi connectivity index (χ2n) is 4.01. The number of benzene rings is 2. The lowest BCUT2D eigenvalue weighted by Gasteiger charge is -2.09. The Hall–Kier alpha value is -1.85. The normalized spacial score (nSPS) is 10.3. The number of nitro benzene ring substituents is 1. The summed E-state index contributed by atoms with van der Waals surface area (Å²) in [7, 11) is 0. The number of nitrogens with zero attached hydrogens (tertiary/aromatic N) is 1. The van der Waals surface area contributed by atoms with E-state index in [1.807, 2.05) is 0 Å². The lowest BCUT2D eigenvalue weighted by atomic mass is 10.2. The predicted octanol–water partition coefficient (Wildman–Crippen LogP) is 4.65. The van der Waals surface area contributed by atoms with Gasteiger partial charge in [0, 0.05) is 29.3 Å². The zero-order valence-electron chi connectivity index (χ0n) is 10.1. The van der Waals surface area contributed by atoms with Crippen LogP contribution in [0.3, 0.4) is 0 Å². The summed E-state index contributed by atoms with van der Waals surface area (Å²) >= 11 is 11.6. The van der Waals surface area contributed by atoms with Crippen LogP contribution in [0.25, 0.3) is 0 Å². The smallest absolute Gasteiger partial charge is 0.271 e. The summed E-state index contributed by atoms with van der Waals surface area (Å²) in [5.41, 5.74) is 0.814. The number of rotatable bonds is 4. The van der Waals surface area contributed by atoms with Crippen molar-refractivity contribution in [2.45, 2.75) is 6.54 Å². The third kappa shape index (κ3) is 3.37. The number of hydrogen-bond acceptors (Lipinski definition) is 3. The van der Waals surface area contributed by atoms with Crippen LogP contribution in [0.15, 0.2) is 36.4 Å². The fraction of sp³-hybridized carbons (Fsp3) is 0.0769. The molecule has 0 aromatic heterocycles. The first-order valence-corrected chi connectivity index (χ1v) is 6.34. The lowest BCUT2D eigenvalue weighted by Crippen LogP contribution is -2.02. The van der Waals surface area contributed by atoms with E-state index in [0.717, 1.165) is 0 Å². The molecule has 104 valence electrons. The van der Waals surface area contributed by atoms with Crippen LogP contribution in [-0.2, 0) is 6.54 Å². The number of nitrogens with one attached hydrogen (secondary N) is 1. The van der Waals surface area contributed by atoms with E-state index < -0.39 is 10.7 Å². The second-order valence-corrected chi connectivity index (χ2v) is 4.85. The molecule has 20 heavy (non-hydrogen) atoms. The van der Waals surface area contributed by atoms with Gasteiger partial charge in [-0.1, -0.05) is 29.3 Å². The zero-order chi connectivity index (χ0) is 14.7. The Morgan fingerprint density at radius 2 is 1.95 bits per heavy atom. The van der Waals surface area contributed by atoms with E-state index in [0.29, 0.717) is 16.3 Å². The number of halogens is 3. The van der Waals surface area contributed by atoms with Crippen LogP contribution in [-0.4, -0.2) is 4.92 Å². The molecule has 0 aliphatic heterocycles. The van der Waals surface area contributed by atoms with E-state index in [1.165, 1.54) is 24.3 Å². The maximum absolute atomic E-state index is 13.6. The summed E-state index contributed by atoms with van der Waals surface area (Å²) < 4.78 is 13.6. The van der Waals surface area contributed by atoms with Crippen LogP contribution >= 0.6 is 23.2 Å². The summed E-state index contributed by atoms with van der Waals surface area (Å²) in [5, 5.41) is 14.0. The van der Waals surface area contributed by atoms with Crippen LogP contribution in [0.2, 0.25) is 10.0 Å². The minimum Gasteiger partial charge on any atom is -0.380 e. The molecule has 1 N–H and O–H groups in total.